The molecule has 1 fully saturated rings. The van der Waals surface area contributed by atoms with E-state index in [0.29, 0.717) is 37.5 Å². The highest BCUT2D eigenvalue weighted by Gasteiger charge is 2.28. The van der Waals surface area contributed by atoms with Crippen molar-refractivity contribution >= 4 is 11.8 Å². The Kier molecular flexibility index (Phi) is 5.56. The van der Waals surface area contributed by atoms with Crippen LogP contribution in [0.15, 0.2) is 54.6 Å². The van der Waals surface area contributed by atoms with E-state index >= 15 is 0 Å². The SMILES string of the molecule is Cc1cccc(O[C@H](C)C(=O)N2CCN(C(=O)c3ccccc3)CC2)c1. The van der Waals surface area contributed by atoms with Crippen molar-refractivity contribution < 1.29 is 14.3 Å². The van der Waals surface area contributed by atoms with Crippen molar-refractivity contribution in [3.63, 3.8) is 0 Å². The fourth-order valence-electron chi connectivity index (χ4n) is 3.09. The van der Waals surface area contributed by atoms with Gasteiger partial charge in [0.2, 0.25) is 0 Å². The minimum absolute atomic E-state index is 0.0155. The van der Waals surface area contributed by atoms with E-state index in [-0.39, 0.29) is 11.8 Å². The summed E-state index contributed by atoms with van der Waals surface area (Å²) in [5.41, 5.74) is 1.78. The van der Waals surface area contributed by atoms with Gasteiger partial charge < -0.3 is 14.5 Å². The molecule has 2 amide bonds. The molecule has 0 bridgehead atoms. The Morgan fingerprint density at radius 1 is 0.923 bits per heavy atom. The van der Waals surface area contributed by atoms with Gasteiger partial charge in [0.15, 0.2) is 6.10 Å². The summed E-state index contributed by atoms with van der Waals surface area (Å²) in [6.07, 6.45) is -0.548. The Morgan fingerprint density at radius 3 is 2.23 bits per heavy atom. The van der Waals surface area contributed by atoms with Gasteiger partial charge in [0.25, 0.3) is 11.8 Å². The maximum atomic E-state index is 12.6. The molecule has 1 heterocycles. The number of hydrogen-bond acceptors (Lipinski definition) is 3. The van der Waals surface area contributed by atoms with E-state index in [9.17, 15) is 9.59 Å². The van der Waals surface area contributed by atoms with Gasteiger partial charge in [-0.2, -0.15) is 0 Å². The zero-order chi connectivity index (χ0) is 18.5. The molecule has 0 saturated carbocycles. The summed E-state index contributed by atoms with van der Waals surface area (Å²) in [5.74, 6) is 0.670. The fourth-order valence-corrected chi connectivity index (χ4v) is 3.09. The van der Waals surface area contributed by atoms with E-state index in [1.807, 2.05) is 61.5 Å². The number of carbonyl (C=O) groups is 2. The Bertz CT molecular complexity index is 768. The van der Waals surface area contributed by atoms with Gasteiger partial charge in [0.05, 0.1) is 0 Å². The molecule has 0 unspecified atom stereocenters. The molecule has 0 aromatic heterocycles. The van der Waals surface area contributed by atoms with Crippen LogP contribution in [-0.2, 0) is 4.79 Å². The van der Waals surface area contributed by atoms with Crippen molar-refractivity contribution in [1.29, 1.82) is 0 Å². The fraction of sp³-hybridized carbons (Fsp3) is 0.333. The van der Waals surface area contributed by atoms with E-state index in [0.717, 1.165) is 5.56 Å². The molecule has 1 saturated heterocycles. The standard InChI is InChI=1S/C21H24N2O3/c1-16-7-6-10-19(15-16)26-17(2)20(24)22-11-13-23(14-12-22)21(25)18-8-4-3-5-9-18/h3-10,15,17H,11-14H2,1-2H3/t17-/m1/s1. The first-order valence-electron chi connectivity index (χ1n) is 8.91. The van der Waals surface area contributed by atoms with E-state index in [1.54, 1.807) is 16.7 Å². The lowest BCUT2D eigenvalue weighted by molar-refractivity contribution is -0.139. The topological polar surface area (TPSA) is 49.9 Å². The predicted molar refractivity (Wildman–Crippen MR) is 100 cm³/mol. The van der Waals surface area contributed by atoms with Crippen molar-refractivity contribution in [2.45, 2.75) is 20.0 Å². The normalized spacial score (nSPS) is 15.5. The molecule has 0 radical (unpaired) electrons. The Labute approximate surface area is 154 Å². The van der Waals surface area contributed by atoms with E-state index < -0.39 is 6.10 Å². The maximum absolute atomic E-state index is 12.6. The van der Waals surface area contributed by atoms with Crippen LogP contribution in [0.2, 0.25) is 0 Å². The first-order chi connectivity index (χ1) is 12.5. The number of nitrogens with zero attached hydrogens (tertiary/aromatic N) is 2. The summed E-state index contributed by atoms with van der Waals surface area (Å²) >= 11 is 0. The Morgan fingerprint density at radius 2 is 1.58 bits per heavy atom. The average molecular weight is 352 g/mol. The Balaban J connectivity index is 1.54. The monoisotopic (exact) mass is 352 g/mol. The van der Waals surface area contributed by atoms with Crippen LogP contribution in [0, 0.1) is 6.92 Å². The highest BCUT2D eigenvalue weighted by atomic mass is 16.5. The van der Waals surface area contributed by atoms with Gasteiger partial charge in [-0.25, -0.2) is 0 Å². The Hall–Kier alpha value is -2.82. The second kappa shape index (κ2) is 8.04. The smallest absolute Gasteiger partial charge is 0.263 e. The molecule has 2 aromatic carbocycles. The third-order valence-electron chi connectivity index (χ3n) is 4.55. The van der Waals surface area contributed by atoms with Crippen molar-refractivity contribution in [2.75, 3.05) is 26.2 Å². The largest absolute Gasteiger partial charge is 0.481 e. The third-order valence-corrected chi connectivity index (χ3v) is 4.55. The first-order valence-corrected chi connectivity index (χ1v) is 8.91. The summed E-state index contributed by atoms with van der Waals surface area (Å²) in [5, 5.41) is 0. The summed E-state index contributed by atoms with van der Waals surface area (Å²) < 4.78 is 5.78. The lowest BCUT2D eigenvalue weighted by Crippen LogP contribution is -2.53. The maximum Gasteiger partial charge on any atom is 0.263 e. The van der Waals surface area contributed by atoms with Crippen molar-refractivity contribution in [1.82, 2.24) is 9.80 Å². The molecule has 26 heavy (non-hydrogen) atoms. The average Bonchev–Trinajstić information content (AvgIpc) is 2.67. The predicted octanol–water partition coefficient (Wildman–Crippen LogP) is 2.75. The molecule has 1 aliphatic heterocycles. The number of aryl methyl sites for hydroxylation is 1. The van der Waals surface area contributed by atoms with Crippen LogP contribution in [0.5, 0.6) is 5.75 Å². The number of amides is 2. The summed E-state index contributed by atoms with van der Waals surface area (Å²) in [7, 11) is 0. The summed E-state index contributed by atoms with van der Waals surface area (Å²) in [6, 6.07) is 16.9. The molecular weight excluding hydrogens is 328 g/mol. The highest BCUT2D eigenvalue weighted by molar-refractivity contribution is 5.94. The first kappa shape index (κ1) is 18.0. The molecular formula is C21H24N2O3. The quantitative estimate of drug-likeness (QED) is 0.850. The van der Waals surface area contributed by atoms with Gasteiger partial charge in [0, 0.05) is 31.7 Å². The van der Waals surface area contributed by atoms with E-state index in [1.165, 1.54) is 0 Å². The van der Waals surface area contributed by atoms with Crippen molar-refractivity contribution in [3.8, 4) is 5.75 Å². The molecule has 0 N–H and O–H groups in total. The number of piperazine rings is 1. The second-order valence-electron chi connectivity index (χ2n) is 6.56. The molecule has 1 atom stereocenters. The minimum atomic E-state index is -0.548. The molecule has 5 nitrogen and oxygen atoms in total. The highest BCUT2D eigenvalue weighted by Crippen LogP contribution is 2.16. The third kappa shape index (κ3) is 4.23. The number of benzene rings is 2. The van der Waals surface area contributed by atoms with Crippen LogP contribution >= 0.6 is 0 Å². The lowest BCUT2D eigenvalue weighted by atomic mass is 10.2. The summed E-state index contributed by atoms with van der Waals surface area (Å²) in [6.45, 7) is 5.89. The van der Waals surface area contributed by atoms with Gasteiger partial charge in [-0.1, -0.05) is 30.3 Å². The zero-order valence-electron chi connectivity index (χ0n) is 15.2. The number of hydrogen-bond donors (Lipinski definition) is 0. The molecule has 5 heteroatoms. The number of ether oxygens (including phenoxy) is 1. The van der Waals surface area contributed by atoms with Crippen LogP contribution in [0.4, 0.5) is 0 Å². The zero-order valence-corrected chi connectivity index (χ0v) is 15.2. The molecule has 0 spiro atoms. The van der Waals surface area contributed by atoms with Crippen molar-refractivity contribution in [3.05, 3.63) is 65.7 Å². The second-order valence-corrected chi connectivity index (χ2v) is 6.56. The van der Waals surface area contributed by atoms with Gasteiger partial charge in [0.1, 0.15) is 5.75 Å². The van der Waals surface area contributed by atoms with Gasteiger partial charge >= 0.3 is 0 Å². The van der Waals surface area contributed by atoms with E-state index in [2.05, 4.69) is 0 Å². The van der Waals surface area contributed by atoms with Crippen LogP contribution in [0.1, 0.15) is 22.8 Å². The van der Waals surface area contributed by atoms with Crippen LogP contribution in [0.25, 0.3) is 0 Å². The van der Waals surface area contributed by atoms with Crippen LogP contribution in [-0.4, -0.2) is 53.9 Å². The molecule has 3 rings (SSSR count). The van der Waals surface area contributed by atoms with Crippen LogP contribution in [0.3, 0.4) is 0 Å². The number of carbonyl (C=O) groups excluding carboxylic acids is 2. The molecule has 2 aromatic rings. The lowest BCUT2D eigenvalue weighted by Gasteiger charge is -2.36. The van der Waals surface area contributed by atoms with Crippen molar-refractivity contribution in [2.24, 2.45) is 0 Å². The summed E-state index contributed by atoms with van der Waals surface area (Å²) in [4.78, 5) is 28.7. The van der Waals surface area contributed by atoms with Gasteiger partial charge in [-0.15, -0.1) is 0 Å². The van der Waals surface area contributed by atoms with Crippen LogP contribution < -0.4 is 4.74 Å². The molecule has 136 valence electrons. The van der Waals surface area contributed by atoms with E-state index in [4.69, 9.17) is 4.74 Å². The molecule has 0 aliphatic carbocycles. The number of rotatable bonds is 4. The minimum Gasteiger partial charge on any atom is -0.481 e. The van der Waals surface area contributed by atoms with Gasteiger partial charge in [-0.05, 0) is 43.7 Å². The van der Waals surface area contributed by atoms with Gasteiger partial charge in [-0.3, -0.25) is 9.59 Å². The molecule has 1 aliphatic rings.